The SMILES string of the molecule is NC(CC(=O)O)C(=O)O.NC(CC(=O)O)C(=O)O.[Zn]. The Morgan fingerprint density at radius 3 is 1.00 bits per heavy atom. The Morgan fingerprint density at radius 2 is 0.947 bits per heavy atom. The Bertz CT molecular complexity index is 303. The van der Waals surface area contributed by atoms with Crippen LogP contribution in [0, 0.1) is 0 Å². The van der Waals surface area contributed by atoms with Gasteiger partial charge in [0.15, 0.2) is 0 Å². The molecule has 0 fully saturated rings. The van der Waals surface area contributed by atoms with Gasteiger partial charge in [-0.3, -0.25) is 19.2 Å². The Balaban J connectivity index is -0.000000256. The second kappa shape index (κ2) is 11.5. The van der Waals surface area contributed by atoms with Crippen molar-refractivity contribution in [2.45, 2.75) is 24.9 Å². The van der Waals surface area contributed by atoms with Gasteiger partial charge in [-0.25, -0.2) is 0 Å². The van der Waals surface area contributed by atoms with Crippen LogP contribution in [-0.4, -0.2) is 56.4 Å². The monoisotopic (exact) mass is 330 g/mol. The van der Waals surface area contributed by atoms with Gasteiger partial charge in [-0.15, -0.1) is 0 Å². The van der Waals surface area contributed by atoms with Crippen LogP contribution in [0.4, 0.5) is 0 Å². The summed E-state index contributed by atoms with van der Waals surface area (Å²) in [6.07, 6.45) is -1.06. The van der Waals surface area contributed by atoms with E-state index in [-0.39, 0.29) is 19.5 Å². The van der Waals surface area contributed by atoms with Crippen LogP contribution in [-0.2, 0) is 38.7 Å². The molecule has 0 aromatic rings. The second-order valence-electron chi connectivity index (χ2n) is 3.09. The van der Waals surface area contributed by atoms with E-state index in [4.69, 9.17) is 31.9 Å². The molecule has 0 saturated heterocycles. The van der Waals surface area contributed by atoms with E-state index in [9.17, 15) is 19.2 Å². The molecule has 0 heterocycles. The van der Waals surface area contributed by atoms with Crippen LogP contribution >= 0.6 is 0 Å². The van der Waals surface area contributed by atoms with E-state index in [0.29, 0.717) is 0 Å². The van der Waals surface area contributed by atoms with E-state index in [1.807, 2.05) is 0 Å². The standard InChI is InChI=1S/2C4H7NO4.Zn/c2*5-2(4(8)9)1-3(6)7;/h2*2H,1,5H2,(H,6,7)(H,8,9);. The van der Waals surface area contributed by atoms with E-state index in [1.54, 1.807) is 0 Å². The van der Waals surface area contributed by atoms with Gasteiger partial charge in [0.05, 0.1) is 12.8 Å². The van der Waals surface area contributed by atoms with Crippen LogP contribution in [0.15, 0.2) is 0 Å². The van der Waals surface area contributed by atoms with Crippen molar-refractivity contribution in [3.8, 4) is 0 Å². The number of carbonyl (C=O) groups is 4. The molecule has 10 nitrogen and oxygen atoms in total. The molecular weight excluding hydrogens is 317 g/mol. The molecule has 11 heteroatoms. The topological polar surface area (TPSA) is 201 Å². The molecule has 0 aromatic carbocycles. The molecule has 0 amide bonds. The van der Waals surface area contributed by atoms with Crippen molar-refractivity contribution in [3.63, 3.8) is 0 Å². The van der Waals surface area contributed by atoms with Crippen molar-refractivity contribution in [3.05, 3.63) is 0 Å². The Labute approximate surface area is 120 Å². The van der Waals surface area contributed by atoms with Gasteiger partial charge in [0.2, 0.25) is 0 Å². The number of carboxylic acid groups (broad SMARTS) is 4. The quantitative estimate of drug-likeness (QED) is 0.288. The first-order chi connectivity index (χ1) is 8.07. The van der Waals surface area contributed by atoms with Crippen LogP contribution < -0.4 is 11.5 Å². The smallest absolute Gasteiger partial charge is 0.321 e. The van der Waals surface area contributed by atoms with E-state index in [0.717, 1.165) is 0 Å². The van der Waals surface area contributed by atoms with Gasteiger partial charge >= 0.3 is 23.9 Å². The van der Waals surface area contributed by atoms with Crippen LogP contribution in [0.25, 0.3) is 0 Å². The van der Waals surface area contributed by atoms with Gasteiger partial charge in [-0.05, 0) is 0 Å². The Hall–Kier alpha value is -1.58. The number of hydrogen-bond donors (Lipinski definition) is 6. The van der Waals surface area contributed by atoms with Gasteiger partial charge < -0.3 is 31.9 Å². The third-order valence-electron chi connectivity index (χ3n) is 1.42. The number of carboxylic acids is 4. The molecule has 106 valence electrons. The van der Waals surface area contributed by atoms with Crippen molar-refractivity contribution in [1.82, 2.24) is 0 Å². The molecule has 0 aliphatic rings. The van der Waals surface area contributed by atoms with E-state index in [1.165, 1.54) is 0 Å². The van der Waals surface area contributed by atoms with Crippen molar-refractivity contribution >= 4 is 23.9 Å². The van der Waals surface area contributed by atoms with Gasteiger partial charge in [-0.2, -0.15) is 0 Å². The predicted molar refractivity (Wildman–Crippen MR) is 55.7 cm³/mol. The van der Waals surface area contributed by atoms with Gasteiger partial charge in [-0.1, -0.05) is 0 Å². The Kier molecular flexibility index (Phi) is 13.7. The number of rotatable bonds is 6. The summed E-state index contributed by atoms with van der Waals surface area (Å²) in [5, 5.41) is 32.1. The minimum Gasteiger partial charge on any atom is -0.481 e. The molecule has 0 bridgehead atoms. The first-order valence-corrected chi connectivity index (χ1v) is 4.48. The van der Waals surface area contributed by atoms with Gasteiger partial charge in [0.25, 0.3) is 0 Å². The molecule has 0 aromatic heterocycles. The molecule has 2 atom stereocenters. The molecular formula is C8H14N2O8Zn. The molecule has 0 spiro atoms. The van der Waals surface area contributed by atoms with Crippen molar-refractivity contribution < 1.29 is 59.1 Å². The average molecular weight is 332 g/mol. The minimum absolute atomic E-state index is 0. The molecule has 0 rings (SSSR count). The predicted octanol–water partition coefficient (Wildman–Crippen LogP) is -2.26. The molecule has 19 heavy (non-hydrogen) atoms. The Morgan fingerprint density at radius 1 is 0.737 bits per heavy atom. The summed E-state index contributed by atoms with van der Waals surface area (Å²) in [4.78, 5) is 39.2. The van der Waals surface area contributed by atoms with Crippen molar-refractivity contribution in [1.29, 1.82) is 0 Å². The first kappa shape index (κ1) is 22.6. The zero-order valence-corrected chi connectivity index (χ0v) is 12.8. The summed E-state index contributed by atoms with van der Waals surface area (Å²) in [7, 11) is 0. The summed E-state index contributed by atoms with van der Waals surface area (Å²) in [6.45, 7) is 0. The average Bonchev–Trinajstić information content (AvgIpc) is 2.16. The molecule has 0 saturated carbocycles. The fraction of sp³-hybridized carbons (Fsp3) is 0.500. The zero-order chi connectivity index (χ0) is 14.9. The number of nitrogens with two attached hydrogens (primary N) is 2. The summed E-state index contributed by atoms with van der Waals surface area (Å²) < 4.78 is 0. The molecule has 0 aliphatic carbocycles. The van der Waals surface area contributed by atoms with Crippen LogP contribution in [0.5, 0.6) is 0 Å². The normalized spacial score (nSPS) is 11.9. The summed E-state index contributed by atoms with van der Waals surface area (Å²) in [6, 6.07) is -2.58. The van der Waals surface area contributed by atoms with E-state index >= 15 is 0 Å². The molecule has 0 radical (unpaired) electrons. The fourth-order valence-corrected chi connectivity index (χ4v) is 0.551. The fourth-order valence-electron chi connectivity index (χ4n) is 0.551. The van der Waals surface area contributed by atoms with Gasteiger partial charge in [0.1, 0.15) is 12.1 Å². The second-order valence-corrected chi connectivity index (χ2v) is 3.09. The van der Waals surface area contributed by atoms with Crippen LogP contribution in [0.1, 0.15) is 12.8 Å². The zero-order valence-electron chi connectivity index (χ0n) is 9.85. The first-order valence-electron chi connectivity index (χ1n) is 4.48. The minimum atomic E-state index is -1.29. The summed E-state index contributed by atoms with van der Waals surface area (Å²) in [5.74, 6) is -5.00. The maximum atomic E-state index is 9.85. The molecule has 8 N–H and O–H groups in total. The van der Waals surface area contributed by atoms with Crippen molar-refractivity contribution in [2.24, 2.45) is 11.5 Å². The van der Waals surface area contributed by atoms with Crippen LogP contribution in [0.3, 0.4) is 0 Å². The third-order valence-corrected chi connectivity index (χ3v) is 1.42. The van der Waals surface area contributed by atoms with E-state index < -0.39 is 48.8 Å². The third kappa shape index (κ3) is 16.4. The summed E-state index contributed by atoms with van der Waals surface area (Å²) in [5.41, 5.74) is 9.67. The van der Waals surface area contributed by atoms with Gasteiger partial charge in [0, 0.05) is 19.5 Å². The number of hydrogen-bond acceptors (Lipinski definition) is 6. The summed E-state index contributed by atoms with van der Waals surface area (Å²) >= 11 is 0. The maximum absolute atomic E-state index is 9.85. The molecule has 2 unspecified atom stereocenters. The number of aliphatic carboxylic acids is 4. The van der Waals surface area contributed by atoms with Crippen molar-refractivity contribution in [2.75, 3.05) is 0 Å². The largest absolute Gasteiger partial charge is 0.481 e. The van der Waals surface area contributed by atoms with E-state index in [2.05, 4.69) is 0 Å². The van der Waals surface area contributed by atoms with Crippen LogP contribution in [0.2, 0.25) is 0 Å². The molecule has 0 aliphatic heterocycles. The maximum Gasteiger partial charge on any atom is 0.321 e.